The van der Waals surface area contributed by atoms with Crippen molar-refractivity contribution < 1.29 is 4.42 Å². The molecule has 7 aromatic carbocycles. The van der Waals surface area contributed by atoms with Gasteiger partial charge in [-0.2, -0.15) is 0 Å². The zero-order valence-corrected chi connectivity index (χ0v) is 24.2. The summed E-state index contributed by atoms with van der Waals surface area (Å²) in [5.74, 6) is 1.86. The van der Waals surface area contributed by atoms with Gasteiger partial charge in [-0.25, -0.2) is 15.0 Å². The van der Waals surface area contributed by atoms with Crippen LogP contribution in [-0.4, -0.2) is 15.0 Å². The molecule has 0 amide bonds. The molecule has 0 radical (unpaired) electrons. The van der Waals surface area contributed by atoms with E-state index >= 15 is 0 Å². The van der Waals surface area contributed by atoms with Crippen molar-refractivity contribution in [2.24, 2.45) is 0 Å². The van der Waals surface area contributed by atoms with E-state index in [0.29, 0.717) is 17.5 Å². The molecule has 0 N–H and O–H groups in total. The molecule has 0 aliphatic heterocycles. The van der Waals surface area contributed by atoms with E-state index in [1.807, 2.05) is 18.2 Å². The second-order valence-electron chi connectivity index (χ2n) is 11.3. The quantitative estimate of drug-likeness (QED) is 0.209. The van der Waals surface area contributed by atoms with Gasteiger partial charge in [0.2, 0.25) is 0 Å². The lowest BCUT2D eigenvalue weighted by Gasteiger charge is -2.10. The Labute approximate surface area is 259 Å². The van der Waals surface area contributed by atoms with Gasteiger partial charge in [0, 0.05) is 33.0 Å². The lowest BCUT2D eigenvalue weighted by atomic mass is 10.0. The van der Waals surface area contributed by atoms with Crippen molar-refractivity contribution in [3.05, 3.63) is 152 Å². The number of rotatable bonds is 4. The number of benzene rings is 7. The topological polar surface area (TPSA) is 51.8 Å². The van der Waals surface area contributed by atoms with Crippen molar-refractivity contribution in [3.63, 3.8) is 0 Å². The number of aromatic nitrogens is 3. The zero-order chi connectivity index (χ0) is 29.7. The van der Waals surface area contributed by atoms with E-state index in [-0.39, 0.29) is 0 Å². The summed E-state index contributed by atoms with van der Waals surface area (Å²) >= 11 is 0. The van der Waals surface area contributed by atoms with Crippen molar-refractivity contribution in [3.8, 4) is 45.3 Å². The van der Waals surface area contributed by atoms with Gasteiger partial charge >= 0.3 is 0 Å². The first-order valence-electron chi connectivity index (χ1n) is 15.0. The third-order valence-corrected chi connectivity index (χ3v) is 8.50. The molecule has 9 aromatic rings. The maximum absolute atomic E-state index is 6.56. The number of furan rings is 1. The molecule has 2 heterocycles. The lowest BCUT2D eigenvalue weighted by Crippen LogP contribution is -2.00. The van der Waals surface area contributed by atoms with E-state index in [1.54, 1.807) is 0 Å². The monoisotopic (exact) mass is 575 g/mol. The summed E-state index contributed by atoms with van der Waals surface area (Å²) in [6.07, 6.45) is 0. The maximum atomic E-state index is 6.56. The molecule has 0 saturated heterocycles. The zero-order valence-electron chi connectivity index (χ0n) is 24.2. The highest BCUT2D eigenvalue weighted by Crippen LogP contribution is 2.40. The minimum absolute atomic E-state index is 0.606. The average molecular weight is 576 g/mol. The largest absolute Gasteiger partial charge is 0.455 e. The summed E-state index contributed by atoms with van der Waals surface area (Å²) in [5, 5.41) is 6.65. The van der Waals surface area contributed by atoms with Crippen LogP contribution < -0.4 is 0 Å². The van der Waals surface area contributed by atoms with Crippen molar-refractivity contribution in [1.29, 1.82) is 0 Å². The van der Waals surface area contributed by atoms with Gasteiger partial charge in [0.25, 0.3) is 0 Å². The molecular weight excluding hydrogens is 550 g/mol. The van der Waals surface area contributed by atoms with Crippen molar-refractivity contribution in [1.82, 2.24) is 15.0 Å². The first-order valence-corrected chi connectivity index (χ1v) is 15.0. The smallest absolute Gasteiger partial charge is 0.164 e. The van der Waals surface area contributed by atoms with Crippen LogP contribution in [0, 0.1) is 0 Å². The molecule has 2 aromatic heterocycles. The summed E-state index contributed by atoms with van der Waals surface area (Å²) in [4.78, 5) is 15.3. The third kappa shape index (κ3) is 4.35. The van der Waals surface area contributed by atoms with Crippen LogP contribution in [0.1, 0.15) is 0 Å². The summed E-state index contributed by atoms with van der Waals surface area (Å²) < 4.78 is 6.56. The Morgan fingerprint density at radius 1 is 0.378 bits per heavy atom. The van der Waals surface area contributed by atoms with Crippen LogP contribution in [-0.2, 0) is 0 Å². The molecule has 0 saturated carbocycles. The molecule has 45 heavy (non-hydrogen) atoms. The molecule has 0 aliphatic rings. The minimum Gasteiger partial charge on any atom is -0.455 e. The fourth-order valence-corrected chi connectivity index (χ4v) is 6.29. The minimum atomic E-state index is 0.606. The van der Waals surface area contributed by atoms with Crippen molar-refractivity contribution in [2.75, 3.05) is 0 Å². The lowest BCUT2D eigenvalue weighted by molar-refractivity contribution is 0.670. The van der Waals surface area contributed by atoms with Gasteiger partial charge in [0.15, 0.2) is 17.5 Å². The Kier molecular flexibility index (Phi) is 5.78. The first kappa shape index (κ1) is 25.4. The number of para-hydroxylation sites is 1. The fourth-order valence-electron chi connectivity index (χ4n) is 6.29. The van der Waals surface area contributed by atoms with Gasteiger partial charge in [-0.1, -0.05) is 133 Å². The van der Waals surface area contributed by atoms with Gasteiger partial charge in [-0.05, 0) is 45.3 Å². The molecule has 4 heteroatoms. The van der Waals surface area contributed by atoms with E-state index in [9.17, 15) is 0 Å². The van der Waals surface area contributed by atoms with Crippen LogP contribution in [0.25, 0.3) is 88.8 Å². The maximum Gasteiger partial charge on any atom is 0.164 e. The van der Waals surface area contributed by atoms with E-state index < -0.39 is 0 Å². The molecule has 0 aliphatic carbocycles. The highest BCUT2D eigenvalue weighted by Gasteiger charge is 2.19. The first-order chi connectivity index (χ1) is 22.3. The summed E-state index contributed by atoms with van der Waals surface area (Å²) in [5.41, 5.74) is 6.60. The normalized spacial score (nSPS) is 11.6. The summed E-state index contributed by atoms with van der Waals surface area (Å²) in [7, 11) is 0. The predicted molar refractivity (Wildman–Crippen MR) is 184 cm³/mol. The Hall–Kier alpha value is -6.13. The van der Waals surface area contributed by atoms with E-state index in [4.69, 9.17) is 19.4 Å². The Morgan fingerprint density at radius 2 is 0.933 bits per heavy atom. The van der Waals surface area contributed by atoms with Crippen LogP contribution in [0.2, 0.25) is 0 Å². The Bertz CT molecular complexity index is 2450. The van der Waals surface area contributed by atoms with Gasteiger partial charge in [0.05, 0.1) is 0 Å². The van der Waals surface area contributed by atoms with Gasteiger partial charge < -0.3 is 4.42 Å². The van der Waals surface area contributed by atoms with Crippen molar-refractivity contribution >= 4 is 43.5 Å². The van der Waals surface area contributed by atoms with E-state index in [1.165, 1.54) is 10.8 Å². The van der Waals surface area contributed by atoms with E-state index in [2.05, 4.69) is 133 Å². The number of hydrogen-bond donors (Lipinski definition) is 0. The van der Waals surface area contributed by atoms with Gasteiger partial charge in [-0.15, -0.1) is 0 Å². The van der Waals surface area contributed by atoms with Crippen LogP contribution in [0.4, 0.5) is 0 Å². The van der Waals surface area contributed by atoms with E-state index in [0.717, 1.165) is 60.5 Å². The number of hydrogen-bond acceptors (Lipinski definition) is 4. The van der Waals surface area contributed by atoms with Crippen LogP contribution in [0.3, 0.4) is 0 Å². The van der Waals surface area contributed by atoms with Gasteiger partial charge in [-0.3, -0.25) is 0 Å². The average Bonchev–Trinajstić information content (AvgIpc) is 3.51. The summed E-state index contributed by atoms with van der Waals surface area (Å²) in [6, 6.07) is 52.2. The molecule has 0 unspecified atom stereocenters. The highest BCUT2D eigenvalue weighted by molar-refractivity contribution is 6.15. The molecule has 0 fully saturated rings. The number of nitrogens with zero attached hydrogens (tertiary/aromatic N) is 3. The summed E-state index contributed by atoms with van der Waals surface area (Å²) in [6.45, 7) is 0. The van der Waals surface area contributed by atoms with Crippen LogP contribution in [0.15, 0.2) is 156 Å². The Balaban J connectivity index is 1.30. The second kappa shape index (κ2) is 10.2. The Morgan fingerprint density at radius 3 is 1.60 bits per heavy atom. The third-order valence-electron chi connectivity index (χ3n) is 8.50. The fraction of sp³-hybridized carbons (Fsp3) is 0. The van der Waals surface area contributed by atoms with Crippen molar-refractivity contribution in [2.45, 2.75) is 0 Å². The predicted octanol–water partition coefficient (Wildman–Crippen LogP) is 10.7. The van der Waals surface area contributed by atoms with Crippen LogP contribution >= 0.6 is 0 Å². The molecule has 4 nitrogen and oxygen atoms in total. The second-order valence-corrected chi connectivity index (χ2v) is 11.3. The standard InChI is InChI=1S/C41H25N3O/c1-2-12-28(13-3-1)33-16-8-17-34-37-35(18-9-19-36(37)45-38(33)34)41-43-39(31-22-20-26-10-4-6-14-29(26)24-31)42-40(44-41)32-23-21-27-11-5-7-15-30(27)25-32/h1-25H. The molecule has 0 bridgehead atoms. The molecule has 210 valence electrons. The molecule has 0 spiro atoms. The highest BCUT2D eigenvalue weighted by atomic mass is 16.3. The molecular formula is C41H25N3O. The van der Waals surface area contributed by atoms with Gasteiger partial charge in [0.1, 0.15) is 11.2 Å². The SMILES string of the molecule is c1ccc(-c2cccc3c2oc2cccc(-c4nc(-c5ccc6ccccc6c5)nc(-c5ccc6ccccc6c5)n4)c23)cc1. The molecule has 9 rings (SSSR count). The molecule has 0 atom stereocenters. The van der Waals surface area contributed by atoms with Crippen LogP contribution in [0.5, 0.6) is 0 Å². The number of fused-ring (bicyclic) bond motifs is 5.